The molecule has 0 aliphatic carbocycles. The summed E-state index contributed by atoms with van der Waals surface area (Å²) in [4.78, 5) is 18.6. The van der Waals surface area contributed by atoms with Gasteiger partial charge in [-0.2, -0.15) is 0 Å². The molecule has 2 N–H and O–H groups in total. The van der Waals surface area contributed by atoms with E-state index in [0.29, 0.717) is 19.6 Å². The van der Waals surface area contributed by atoms with Crippen LogP contribution in [0.5, 0.6) is 0 Å². The number of hydrogen-bond acceptors (Lipinski definition) is 5. The zero-order chi connectivity index (χ0) is 11.7. The predicted molar refractivity (Wildman–Crippen MR) is 53.7 cm³/mol. The lowest BCUT2D eigenvalue weighted by Crippen LogP contribution is -2.30. The first-order chi connectivity index (χ1) is 7.06. The quantitative estimate of drug-likeness (QED) is 0.586. The van der Waals surface area contributed by atoms with Gasteiger partial charge < -0.3 is 0 Å². The molecule has 0 aromatic heterocycles. The first kappa shape index (κ1) is 15.0. The van der Waals surface area contributed by atoms with Crippen molar-refractivity contribution < 1.29 is 28.0 Å². The molecular weight excluding hydrogens is 244 g/mol. The zero-order valence-corrected chi connectivity index (χ0v) is 10.2. The van der Waals surface area contributed by atoms with Crippen molar-refractivity contribution in [3.63, 3.8) is 0 Å². The van der Waals surface area contributed by atoms with E-state index in [-0.39, 0.29) is 13.2 Å². The van der Waals surface area contributed by atoms with Crippen molar-refractivity contribution in [2.24, 2.45) is 0 Å². The Morgan fingerprint density at radius 3 is 1.73 bits per heavy atom. The molecule has 0 aliphatic heterocycles. The van der Waals surface area contributed by atoms with Crippen molar-refractivity contribution in [2.75, 3.05) is 32.8 Å². The highest BCUT2D eigenvalue weighted by molar-refractivity contribution is 7.32. The maximum Gasteiger partial charge on any atom is 0.694 e. The monoisotopic (exact) mass is 259 g/mol. The van der Waals surface area contributed by atoms with Gasteiger partial charge in [-0.1, -0.05) is 6.92 Å². The van der Waals surface area contributed by atoms with Gasteiger partial charge in [-0.25, -0.2) is 0 Å². The Hall–Kier alpha value is -0.0000000000000000763. The second-order valence-corrected chi connectivity index (χ2v) is 4.04. The Kier molecular flexibility index (Phi) is 9.24. The number of nitrogens with zero attached hydrogens (tertiary/aromatic N) is 1. The summed E-state index contributed by atoms with van der Waals surface area (Å²) in [5, 5.41) is 0. The summed E-state index contributed by atoms with van der Waals surface area (Å²) in [5.74, 6) is 0. The molecule has 7 nitrogen and oxygen atoms in total. The van der Waals surface area contributed by atoms with Crippen molar-refractivity contribution in [1.82, 2.24) is 4.90 Å². The lowest BCUT2D eigenvalue weighted by Gasteiger charge is -2.16. The zero-order valence-electron chi connectivity index (χ0n) is 8.40. The molecule has 0 spiro atoms. The average molecular weight is 259 g/mol. The Morgan fingerprint density at radius 2 is 1.47 bits per heavy atom. The Balaban J connectivity index is 3.54. The lowest BCUT2D eigenvalue weighted by atomic mass is 10.5. The minimum atomic E-state index is -2.55. The van der Waals surface area contributed by atoms with Gasteiger partial charge in [0.05, 0.1) is 0 Å². The van der Waals surface area contributed by atoms with Crippen LogP contribution < -0.4 is 0 Å². The number of likely N-dealkylation sites (N-methyl/N-ethyl adjacent to an activating group) is 1. The molecule has 0 fully saturated rings. The van der Waals surface area contributed by atoms with Crippen molar-refractivity contribution in [2.45, 2.75) is 6.92 Å². The minimum Gasteiger partial charge on any atom is -0.299 e. The first-order valence-electron chi connectivity index (χ1n) is 4.36. The summed E-state index contributed by atoms with van der Waals surface area (Å²) in [5.41, 5.74) is 0. The van der Waals surface area contributed by atoms with E-state index in [4.69, 9.17) is 9.79 Å². The molecule has 0 rings (SSSR count). The molecule has 0 aromatic rings. The van der Waals surface area contributed by atoms with Crippen LogP contribution in [0.15, 0.2) is 0 Å². The highest BCUT2D eigenvalue weighted by Crippen LogP contribution is 2.14. The van der Waals surface area contributed by atoms with Crippen LogP contribution >= 0.6 is 16.5 Å². The van der Waals surface area contributed by atoms with E-state index in [9.17, 15) is 9.13 Å². The highest BCUT2D eigenvalue weighted by Gasteiger charge is 2.15. The topological polar surface area (TPSA) is 96.3 Å². The summed E-state index contributed by atoms with van der Waals surface area (Å²) in [6.45, 7) is 3.85. The molecular formula is C6H15NO6P2+2. The fourth-order valence-electron chi connectivity index (χ4n) is 0.924. The van der Waals surface area contributed by atoms with Crippen LogP contribution in [0.25, 0.3) is 0 Å². The smallest absolute Gasteiger partial charge is 0.299 e. The van der Waals surface area contributed by atoms with Crippen LogP contribution in [0.3, 0.4) is 0 Å². The molecule has 15 heavy (non-hydrogen) atoms. The fraction of sp³-hybridized carbons (Fsp3) is 1.00. The maximum absolute atomic E-state index is 10.2. The third-order valence-corrected chi connectivity index (χ3v) is 2.47. The summed E-state index contributed by atoms with van der Waals surface area (Å²) in [6, 6.07) is 0. The van der Waals surface area contributed by atoms with Crippen LogP contribution in [0.2, 0.25) is 0 Å². The first-order valence-corrected chi connectivity index (χ1v) is 6.62. The second-order valence-electron chi connectivity index (χ2n) is 2.58. The molecule has 0 saturated carbocycles. The van der Waals surface area contributed by atoms with Gasteiger partial charge in [0.15, 0.2) is 0 Å². The second kappa shape index (κ2) is 9.24. The van der Waals surface area contributed by atoms with E-state index in [2.05, 4.69) is 9.05 Å². The minimum absolute atomic E-state index is 0.144. The van der Waals surface area contributed by atoms with Crippen LogP contribution in [-0.2, 0) is 18.2 Å². The van der Waals surface area contributed by atoms with Crippen LogP contribution in [0.1, 0.15) is 6.92 Å². The van der Waals surface area contributed by atoms with E-state index in [1.807, 2.05) is 11.8 Å². The molecule has 0 radical (unpaired) electrons. The lowest BCUT2D eigenvalue weighted by molar-refractivity contribution is 0.176. The normalized spacial score (nSPS) is 13.1. The van der Waals surface area contributed by atoms with Gasteiger partial charge in [0, 0.05) is 22.2 Å². The van der Waals surface area contributed by atoms with Gasteiger partial charge in [0.1, 0.15) is 13.2 Å². The highest BCUT2D eigenvalue weighted by atomic mass is 31.1. The SMILES string of the molecule is CCN(CCO[P+](=O)O)CCO[P+](=O)O. The van der Waals surface area contributed by atoms with E-state index in [1.54, 1.807) is 0 Å². The Labute approximate surface area is 89.9 Å². The van der Waals surface area contributed by atoms with E-state index in [0.717, 1.165) is 0 Å². The van der Waals surface area contributed by atoms with Gasteiger partial charge >= 0.3 is 16.5 Å². The Bertz CT molecular complexity index is 194. The molecule has 0 amide bonds. The molecule has 2 atom stereocenters. The van der Waals surface area contributed by atoms with Gasteiger partial charge in [0.25, 0.3) is 0 Å². The van der Waals surface area contributed by atoms with Crippen molar-refractivity contribution in [3.8, 4) is 0 Å². The summed E-state index contributed by atoms with van der Waals surface area (Å²) in [7, 11) is -5.11. The van der Waals surface area contributed by atoms with Crippen molar-refractivity contribution >= 4 is 16.5 Å². The summed E-state index contributed by atoms with van der Waals surface area (Å²) in [6.07, 6.45) is 0. The maximum atomic E-state index is 10.2. The van der Waals surface area contributed by atoms with E-state index in [1.165, 1.54) is 0 Å². The molecule has 0 aromatic carbocycles. The van der Waals surface area contributed by atoms with Gasteiger partial charge in [-0.15, -0.1) is 18.8 Å². The van der Waals surface area contributed by atoms with Gasteiger partial charge in [-0.3, -0.25) is 4.90 Å². The molecule has 0 bridgehead atoms. The number of rotatable bonds is 9. The van der Waals surface area contributed by atoms with E-state index < -0.39 is 16.5 Å². The van der Waals surface area contributed by atoms with E-state index >= 15 is 0 Å². The summed E-state index contributed by atoms with van der Waals surface area (Å²) >= 11 is 0. The summed E-state index contributed by atoms with van der Waals surface area (Å²) < 4.78 is 29.3. The fourth-order valence-corrected chi connectivity index (χ4v) is 1.40. The van der Waals surface area contributed by atoms with Gasteiger partial charge in [-0.05, 0) is 6.54 Å². The van der Waals surface area contributed by atoms with Crippen LogP contribution in [0.4, 0.5) is 0 Å². The standard InChI is InChI=1S/C6H13NO6P2/c1-2-7(3-5-12-14(8)9)4-6-13-15(10)11/h2-6H2,1H3/p+2. The average Bonchev–Trinajstić information content (AvgIpc) is 2.14. The third-order valence-electron chi connectivity index (χ3n) is 1.67. The largest absolute Gasteiger partial charge is 0.694 e. The molecule has 9 heteroatoms. The molecule has 0 aliphatic rings. The Morgan fingerprint density at radius 1 is 1.07 bits per heavy atom. The number of hydrogen-bond donors (Lipinski definition) is 2. The van der Waals surface area contributed by atoms with Gasteiger partial charge in [0.2, 0.25) is 0 Å². The molecule has 88 valence electrons. The van der Waals surface area contributed by atoms with Crippen molar-refractivity contribution in [1.29, 1.82) is 0 Å². The van der Waals surface area contributed by atoms with Crippen LogP contribution in [-0.4, -0.2) is 47.5 Å². The molecule has 0 heterocycles. The molecule has 0 saturated heterocycles. The van der Waals surface area contributed by atoms with Crippen LogP contribution in [0, 0.1) is 0 Å². The predicted octanol–water partition coefficient (Wildman–Crippen LogP) is 0.641. The third kappa shape index (κ3) is 10.3. The van der Waals surface area contributed by atoms with Crippen molar-refractivity contribution in [3.05, 3.63) is 0 Å². The molecule has 2 unspecified atom stereocenters.